The highest BCUT2D eigenvalue weighted by molar-refractivity contribution is 5.87. The van der Waals surface area contributed by atoms with Gasteiger partial charge >= 0.3 is 5.97 Å². The van der Waals surface area contributed by atoms with Gasteiger partial charge in [-0.15, -0.1) is 0 Å². The molecule has 1 saturated heterocycles. The number of likely N-dealkylation sites (tertiary alicyclic amines) is 1. The third kappa shape index (κ3) is 4.05. The summed E-state index contributed by atoms with van der Waals surface area (Å²) in [6.07, 6.45) is 2.81. The molecule has 0 aromatic heterocycles. The number of carbonyl (C=O) groups excluding carboxylic acids is 2. The average Bonchev–Trinajstić information content (AvgIpc) is 2.28. The highest BCUT2D eigenvalue weighted by Gasteiger charge is 2.29. The molecule has 0 aromatic rings. The van der Waals surface area contributed by atoms with E-state index < -0.39 is 17.9 Å². The molecule has 1 aliphatic heterocycles. The quantitative estimate of drug-likeness (QED) is 0.714. The molecule has 1 aliphatic rings. The summed E-state index contributed by atoms with van der Waals surface area (Å²) in [7, 11) is 0. The van der Waals surface area contributed by atoms with Crippen molar-refractivity contribution in [2.75, 3.05) is 6.54 Å². The Bertz CT molecular complexity index is 317. The van der Waals surface area contributed by atoms with Crippen LogP contribution in [0, 0.1) is 0 Å². The Balaban J connectivity index is 2.47. The van der Waals surface area contributed by atoms with Crippen molar-refractivity contribution < 1.29 is 19.5 Å². The Morgan fingerprint density at radius 2 is 1.94 bits per heavy atom. The second-order valence-corrected chi connectivity index (χ2v) is 4.25. The van der Waals surface area contributed by atoms with E-state index in [4.69, 9.17) is 10.8 Å². The van der Waals surface area contributed by atoms with Crippen LogP contribution in [0.3, 0.4) is 0 Å². The molecule has 0 saturated carbocycles. The zero-order chi connectivity index (χ0) is 12.8. The molecule has 1 rings (SSSR count). The molecule has 6 heteroatoms. The van der Waals surface area contributed by atoms with Crippen molar-refractivity contribution in [3.8, 4) is 0 Å². The highest BCUT2D eigenvalue weighted by atomic mass is 16.4. The normalized spacial score (nSPS) is 20.0. The fourth-order valence-corrected chi connectivity index (χ4v) is 2.06. The van der Waals surface area contributed by atoms with Crippen LogP contribution in [0.1, 0.15) is 38.5 Å². The SMILES string of the molecule is NC(=O)C1CCCCN1C(=O)CCCC(=O)O. The highest BCUT2D eigenvalue weighted by Crippen LogP contribution is 2.18. The summed E-state index contributed by atoms with van der Waals surface area (Å²) in [4.78, 5) is 34.8. The molecule has 0 spiro atoms. The van der Waals surface area contributed by atoms with Gasteiger partial charge in [0.2, 0.25) is 11.8 Å². The van der Waals surface area contributed by atoms with Crippen LogP contribution in [0.15, 0.2) is 0 Å². The molecule has 0 aromatic carbocycles. The van der Waals surface area contributed by atoms with E-state index in [2.05, 4.69) is 0 Å². The number of rotatable bonds is 5. The van der Waals surface area contributed by atoms with Gasteiger partial charge < -0.3 is 15.7 Å². The van der Waals surface area contributed by atoms with Gasteiger partial charge in [-0.05, 0) is 25.7 Å². The van der Waals surface area contributed by atoms with Crippen molar-refractivity contribution in [3.05, 3.63) is 0 Å². The third-order valence-electron chi connectivity index (χ3n) is 2.93. The Morgan fingerprint density at radius 1 is 1.24 bits per heavy atom. The van der Waals surface area contributed by atoms with Crippen molar-refractivity contribution in [3.63, 3.8) is 0 Å². The van der Waals surface area contributed by atoms with Gasteiger partial charge in [0, 0.05) is 19.4 Å². The lowest BCUT2D eigenvalue weighted by molar-refractivity contribution is -0.141. The lowest BCUT2D eigenvalue weighted by Crippen LogP contribution is -2.50. The fourth-order valence-electron chi connectivity index (χ4n) is 2.06. The molecular formula is C11H18N2O4. The van der Waals surface area contributed by atoms with E-state index in [0.717, 1.165) is 12.8 Å². The summed E-state index contributed by atoms with van der Waals surface area (Å²) >= 11 is 0. The van der Waals surface area contributed by atoms with Crippen LogP contribution in [0.4, 0.5) is 0 Å². The number of carboxylic acids is 1. The zero-order valence-electron chi connectivity index (χ0n) is 9.72. The molecule has 0 bridgehead atoms. The number of nitrogens with zero attached hydrogens (tertiary/aromatic N) is 1. The van der Waals surface area contributed by atoms with Crippen molar-refractivity contribution in [1.29, 1.82) is 0 Å². The largest absolute Gasteiger partial charge is 0.481 e. The number of hydrogen-bond acceptors (Lipinski definition) is 3. The number of nitrogens with two attached hydrogens (primary N) is 1. The van der Waals surface area contributed by atoms with Gasteiger partial charge in [-0.2, -0.15) is 0 Å². The van der Waals surface area contributed by atoms with Crippen LogP contribution in [-0.2, 0) is 14.4 Å². The fraction of sp³-hybridized carbons (Fsp3) is 0.727. The second kappa shape index (κ2) is 6.22. The Kier molecular flexibility index (Phi) is 4.93. The van der Waals surface area contributed by atoms with E-state index in [9.17, 15) is 14.4 Å². The number of carboxylic acid groups (broad SMARTS) is 1. The maximum absolute atomic E-state index is 11.8. The van der Waals surface area contributed by atoms with Crippen LogP contribution >= 0.6 is 0 Å². The van der Waals surface area contributed by atoms with Crippen LogP contribution in [0.5, 0.6) is 0 Å². The van der Waals surface area contributed by atoms with E-state index >= 15 is 0 Å². The molecule has 0 radical (unpaired) electrons. The Labute approximate surface area is 99.8 Å². The van der Waals surface area contributed by atoms with E-state index in [-0.39, 0.29) is 18.7 Å². The molecule has 1 heterocycles. The number of hydrogen-bond donors (Lipinski definition) is 2. The topological polar surface area (TPSA) is 101 Å². The van der Waals surface area contributed by atoms with Crippen molar-refractivity contribution in [2.24, 2.45) is 5.73 Å². The van der Waals surface area contributed by atoms with Crippen LogP contribution in [0.2, 0.25) is 0 Å². The molecule has 0 aliphatic carbocycles. The first kappa shape index (κ1) is 13.5. The first-order chi connectivity index (χ1) is 8.02. The summed E-state index contributed by atoms with van der Waals surface area (Å²) in [5.74, 6) is -1.56. The van der Waals surface area contributed by atoms with E-state index in [1.165, 1.54) is 4.90 Å². The first-order valence-corrected chi connectivity index (χ1v) is 5.83. The summed E-state index contributed by atoms with van der Waals surface area (Å²) < 4.78 is 0. The monoisotopic (exact) mass is 242 g/mol. The molecule has 1 unspecified atom stereocenters. The minimum Gasteiger partial charge on any atom is -0.481 e. The van der Waals surface area contributed by atoms with Crippen LogP contribution < -0.4 is 5.73 Å². The van der Waals surface area contributed by atoms with Gasteiger partial charge in [-0.1, -0.05) is 0 Å². The summed E-state index contributed by atoms with van der Waals surface area (Å²) in [6, 6.07) is -0.513. The van der Waals surface area contributed by atoms with E-state index in [1.807, 2.05) is 0 Å². The van der Waals surface area contributed by atoms with Crippen LogP contribution in [0.25, 0.3) is 0 Å². The number of piperidine rings is 1. The summed E-state index contributed by atoms with van der Waals surface area (Å²) in [6.45, 7) is 0.541. The molecule has 6 nitrogen and oxygen atoms in total. The maximum Gasteiger partial charge on any atom is 0.303 e. The van der Waals surface area contributed by atoms with Gasteiger partial charge in [0.25, 0.3) is 0 Å². The van der Waals surface area contributed by atoms with Crippen molar-refractivity contribution in [1.82, 2.24) is 4.90 Å². The third-order valence-corrected chi connectivity index (χ3v) is 2.93. The summed E-state index contributed by atoms with van der Waals surface area (Å²) in [5.41, 5.74) is 5.25. The number of primary amides is 1. The van der Waals surface area contributed by atoms with Crippen molar-refractivity contribution in [2.45, 2.75) is 44.6 Å². The van der Waals surface area contributed by atoms with Gasteiger partial charge in [0.05, 0.1) is 0 Å². The zero-order valence-corrected chi connectivity index (χ0v) is 9.72. The van der Waals surface area contributed by atoms with Gasteiger partial charge in [0.1, 0.15) is 6.04 Å². The minimum absolute atomic E-state index is 0.0270. The van der Waals surface area contributed by atoms with Gasteiger partial charge in [-0.3, -0.25) is 14.4 Å². The Hall–Kier alpha value is -1.59. The molecule has 2 amide bonds. The van der Waals surface area contributed by atoms with E-state index in [0.29, 0.717) is 19.4 Å². The lowest BCUT2D eigenvalue weighted by Gasteiger charge is -2.33. The molecule has 17 heavy (non-hydrogen) atoms. The lowest BCUT2D eigenvalue weighted by atomic mass is 10.0. The predicted octanol–water partition coefficient (Wildman–Crippen LogP) is 0.108. The maximum atomic E-state index is 11.8. The number of carbonyl (C=O) groups is 3. The van der Waals surface area contributed by atoms with E-state index in [1.54, 1.807) is 0 Å². The summed E-state index contributed by atoms with van der Waals surface area (Å²) in [5, 5.41) is 8.48. The standard InChI is InChI=1S/C11H18N2O4/c12-11(17)8-4-1-2-7-13(8)9(14)5-3-6-10(15)16/h8H,1-7H2,(H2,12,17)(H,15,16). The van der Waals surface area contributed by atoms with Crippen LogP contribution in [-0.4, -0.2) is 40.4 Å². The first-order valence-electron chi connectivity index (χ1n) is 5.83. The minimum atomic E-state index is -0.914. The molecule has 96 valence electrons. The molecule has 3 N–H and O–H groups in total. The van der Waals surface area contributed by atoms with Gasteiger partial charge in [0.15, 0.2) is 0 Å². The van der Waals surface area contributed by atoms with Gasteiger partial charge in [-0.25, -0.2) is 0 Å². The Morgan fingerprint density at radius 3 is 2.53 bits per heavy atom. The van der Waals surface area contributed by atoms with Crippen molar-refractivity contribution >= 4 is 17.8 Å². The molecule has 1 fully saturated rings. The molecular weight excluding hydrogens is 224 g/mol. The predicted molar refractivity (Wildman–Crippen MR) is 60.0 cm³/mol. The number of aliphatic carboxylic acids is 1. The second-order valence-electron chi connectivity index (χ2n) is 4.25. The average molecular weight is 242 g/mol. The smallest absolute Gasteiger partial charge is 0.303 e. The molecule has 1 atom stereocenters. The number of amides is 2.